The maximum atomic E-state index is 13.7. The van der Waals surface area contributed by atoms with Crippen molar-refractivity contribution in [3.05, 3.63) is 165 Å². The van der Waals surface area contributed by atoms with Crippen LogP contribution >= 0.6 is 0 Å². The number of hydrogen-bond acceptors (Lipinski definition) is 14. The van der Waals surface area contributed by atoms with Gasteiger partial charge in [0.05, 0.1) is 117 Å². The average Bonchev–Trinajstić information content (AvgIpc) is 1.62. The molecule has 0 radical (unpaired) electrons. The van der Waals surface area contributed by atoms with E-state index in [1.165, 1.54) is 57.2 Å². The van der Waals surface area contributed by atoms with Gasteiger partial charge in [-0.15, -0.1) is 0 Å². The van der Waals surface area contributed by atoms with Crippen LogP contribution in [0.3, 0.4) is 0 Å². The summed E-state index contributed by atoms with van der Waals surface area (Å²) in [6.07, 6.45) is 0.994. The van der Waals surface area contributed by atoms with Crippen molar-refractivity contribution in [1.82, 2.24) is 57.8 Å². The summed E-state index contributed by atoms with van der Waals surface area (Å²) < 4.78 is 122. The zero-order valence-electron chi connectivity index (χ0n) is 59.4. The first-order chi connectivity index (χ1) is 50.4. The Balaban J connectivity index is 0.000000123. The van der Waals surface area contributed by atoms with E-state index in [4.69, 9.17) is 28.4 Å². The van der Waals surface area contributed by atoms with Crippen LogP contribution in [-0.4, -0.2) is 203 Å². The van der Waals surface area contributed by atoms with Crippen LogP contribution in [0.1, 0.15) is 48.5 Å². The van der Waals surface area contributed by atoms with Gasteiger partial charge in [-0.05, 0) is 112 Å². The van der Waals surface area contributed by atoms with E-state index >= 15 is 0 Å². The SMILES string of the molecule is COc1ccc2c3ccnc(C(F)(F)F)c3n(CCCN3CCOCC3)c2c1.COc1ccc2c3ccnc(C)c3n(CCCN3CCOCC3)c2c1.Cc1[nH]ccc2c3ccc(=O)cc3n(CCCN3CCOCC3)c12.O=c1ccc2c3cc[nH]c(C(F)(F)F)c3n(CCCN3CCOCC3)c2c1. The number of methoxy groups -OCH3 is 2. The fourth-order valence-electron chi connectivity index (χ4n) is 15.3. The lowest BCUT2D eigenvalue weighted by atomic mass is 10.1. The Hall–Kier alpha value is -8.86. The van der Waals surface area contributed by atoms with Crippen LogP contribution < -0.4 is 20.3 Å². The second-order valence-corrected chi connectivity index (χ2v) is 26.8. The van der Waals surface area contributed by atoms with Crippen LogP contribution in [-0.2, 0) is 57.5 Å². The van der Waals surface area contributed by atoms with Crippen LogP contribution in [0.15, 0.2) is 131 Å². The first-order valence-corrected chi connectivity index (χ1v) is 35.9. The molecule has 0 saturated carbocycles. The molecule has 4 aromatic carbocycles. The molecule has 0 spiro atoms. The van der Waals surface area contributed by atoms with E-state index < -0.39 is 23.7 Å². The fourth-order valence-corrected chi connectivity index (χ4v) is 15.3. The molecule has 26 heteroatoms. The number of nitrogens with one attached hydrogen (secondary N) is 2. The second kappa shape index (κ2) is 33.1. The van der Waals surface area contributed by atoms with Crippen molar-refractivity contribution in [1.29, 1.82) is 0 Å². The van der Waals surface area contributed by atoms with Gasteiger partial charge in [0.2, 0.25) is 0 Å². The first kappa shape index (κ1) is 73.5. The molecule has 4 aliphatic heterocycles. The summed E-state index contributed by atoms with van der Waals surface area (Å²) in [6, 6.07) is 29.0. The highest BCUT2D eigenvalue weighted by Crippen LogP contribution is 2.41. The second-order valence-electron chi connectivity index (χ2n) is 26.8. The van der Waals surface area contributed by atoms with Crippen molar-refractivity contribution in [3.8, 4) is 11.5 Å². The number of hydrogen-bond donors (Lipinski definition) is 2. The topological polar surface area (TPSA) is 180 Å². The van der Waals surface area contributed by atoms with Crippen LogP contribution in [0, 0.1) is 13.8 Å². The molecule has 8 aromatic heterocycles. The highest BCUT2D eigenvalue weighted by Gasteiger charge is 2.38. The lowest BCUT2D eigenvalue weighted by molar-refractivity contribution is -0.140. The van der Waals surface area contributed by atoms with Crippen molar-refractivity contribution in [2.24, 2.45) is 0 Å². The van der Waals surface area contributed by atoms with Gasteiger partial charge in [-0.2, -0.15) is 26.3 Å². The average molecular weight is 1440 g/mol. The van der Waals surface area contributed by atoms with Gasteiger partial charge in [-0.25, -0.2) is 4.98 Å². The number of morpholine rings is 4. The summed E-state index contributed by atoms with van der Waals surface area (Å²) in [5, 5.41) is 7.42. The number of H-pyrrole nitrogens is 2. The molecule has 20 nitrogen and oxygen atoms in total. The summed E-state index contributed by atoms with van der Waals surface area (Å²) in [4.78, 5) is 47.0. The minimum Gasteiger partial charge on any atom is -0.497 e. The summed E-state index contributed by atoms with van der Waals surface area (Å²) >= 11 is 0. The van der Waals surface area contributed by atoms with Crippen molar-refractivity contribution in [3.63, 3.8) is 0 Å². The van der Waals surface area contributed by atoms with Crippen molar-refractivity contribution >= 4 is 87.2 Å². The van der Waals surface area contributed by atoms with Crippen molar-refractivity contribution in [2.45, 2.75) is 78.1 Å². The van der Waals surface area contributed by atoms with Crippen molar-refractivity contribution < 1.29 is 54.8 Å². The van der Waals surface area contributed by atoms with Gasteiger partial charge in [0.25, 0.3) is 0 Å². The van der Waals surface area contributed by atoms with Gasteiger partial charge in [-0.1, -0.05) is 0 Å². The molecule has 104 heavy (non-hydrogen) atoms. The van der Waals surface area contributed by atoms with E-state index in [1.807, 2.05) is 30.6 Å². The van der Waals surface area contributed by atoms with Crippen LogP contribution in [0.4, 0.5) is 26.3 Å². The fraction of sp³-hybridized carbons (Fsp3) is 0.436. The lowest BCUT2D eigenvalue weighted by Gasteiger charge is -2.26. The van der Waals surface area contributed by atoms with E-state index in [-0.39, 0.29) is 21.9 Å². The third-order valence-corrected chi connectivity index (χ3v) is 20.3. The molecule has 4 fully saturated rings. The maximum Gasteiger partial charge on any atom is 0.435 e. The lowest BCUT2D eigenvalue weighted by Crippen LogP contribution is -2.37. The van der Waals surface area contributed by atoms with E-state index in [0.29, 0.717) is 73.4 Å². The van der Waals surface area contributed by atoms with Gasteiger partial charge in [0.15, 0.2) is 16.6 Å². The molecular weight excluding hydrogens is 1350 g/mol. The molecule has 0 bridgehead atoms. The van der Waals surface area contributed by atoms with Crippen LogP contribution in [0.25, 0.3) is 87.2 Å². The summed E-state index contributed by atoms with van der Waals surface area (Å²) in [5.74, 6) is 1.52. The molecular formula is C78H90F6N12O8. The molecule has 0 atom stereocenters. The zero-order chi connectivity index (χ0) is 72.5. The first-order valence-electron chi connectivity index (χ1n) is 35.9. The molecule has 2 N–H and O–H groups in total. The molecule has 16 rings (SSSR count). The van der Waals surface area contributed by atoms with E-state index in [2.05, 4.69) is 86.8 Å². The number of nitrogens with zero attached hydrogens (tertiary/aromatic N) is 10. The van der Waals surface area contributed by atoms with Gasteiger partial charge < -0.3 is 56.7 Å². The third kappa shape index (κ3) is 16.5. The van der Waals surface area contributed by atoms with E-state index in [0.717, 1.165) is 176 Å². The predicted octanol–water partition coefficient (Wildman–Crippen LogP) is 12.9. The highest BCUT2D eigenvalue weighted by atomic mass is 19.4. The molecule has 0 unspecified atom stereocenters. The van der Waals surface area contributed by atoms with E-state index in [9.17, 15) is 35.9 Å². The number of halogens is 6. The van der Waals surface area contributed by atoms with Crippen molar-refractivity contribution in [2.75, 3.05) is 146 Å². The molecule has 0 amide bonds. The Morgan fingerprint density at radius 1 is 0.394 bits per heavy atom. The zero-order valence-corrected chi connectivity index (χ0v) is 59.4. The highest BCUT2D eigenvalue weighted by molar-refractivity contribution is 6.11. The molecule has 552 valence electrons. The number of benzene rings is 4. The molecule has 4 aliphatic rings. The van der Waals surface area contributed by atoms with Gasteiger partial charge in [0.1, 0.15) is 17.2 Å². The number of aromatic nitrogens is 8. The largest absolute Gasteiger partial charge is 0.497 e. The standard InChI is InChI=1S/C20H22F3N3O2.C20H25N3O2.C19H20F3N3O2.C19H23N3O2/c1-27-14-3-4-15-16-5-6-24-19(20(21,22)23)18(16)26(17(15)13-14)8-2-7-25-9-11-28-12-10-25;1-15-20-18(6-7-21-15)17-5-4-16(24-2)14-19(17)23(20)9-3-8-22-10-12-25-13-11-22;20-19(21,22)18-17-15(4-5-23-18)14-3-2-13(26)12-16(14)25(17)7-1-6-24-8-10-27-11-9-24;1-14-19-17(5-6-20-14)16-4-3-15(23)13-18(16)22(19)8-2-7-21-9-11-24-12-10-21/h3-6,13H,2,7-12H2,1H3;4-7,14H,3,8-13H2,1-2H3;2-5,12,23H,1,6-11H2;3-6,13,20H,2,7-12H2,1H3. The minimum atomic E-state index is -4.51. The molecule has 0 aliphatic carbocycles. The number of alkyl halides is 6. The summed E-state index contributed by atoms with van der Waals surface area (Å²) in [6.45, 7) is 24.4. The number of aryl methyl sites for hydroxylation is 6. The Morgan fingerprint density at radius 2 is 0.750 bits per heavy atom. The number of pyridine rings is 4. The summed E-state index contributed by atoms with van der Waals surface area (Å²) in [5.41, 5.74) is 6.70. The Kier molecular flexibility index (Phi) is 23.4. The summed E-state index contributed by atoms with van der Waals surface area (Å²) in [7, 11) is 3.27. The molecule has 12 heterocycles. The smallest absolute Gasteiger partial charge is 0.435 e. The number of aromatic amines is 2. The van der Waals surface area contributed by atoms with Crippen LogP contribution in [0.2, 0.25) is 0 Å². The quantitative estimate of drug-likeness (QED) is 0.0775. The minimum absolute atomic E-state index is 0.0707. The molecule has 4 saturated heterocycles. The van der Waals surface area contributed by atoms with Gasteiger partial charge in [-0.3, -0.25) is 34.2 Å². The van der Waals surface area contributed by atoms with E-state index in [1.54, 1.807) is 65.8 Å². The van der Waals surface area contributed by atoms with Gasteiger partial charge in [0, 0.05) is 203 Å². The normalized spacial score (nSPS) is 16.2. The van der Waals surface area contributed by atoms with Gasteiger partial charge >= 0.3 is 12.4 Å². The third-order valence-electron chi connectivity index (χ3n) is 20.3. The van der Waals surface area contributed by atoms with Crippen LogP contribution in [0.5, 0.6) is 11.5 Å². The monoisotopic (exact) mass is 1440 g/mol. The molecule has 12 aromatic rings. The number of ether oxygens (including phenoxy) is 6. The Bertz CT molecular complexity index is 5050. The number of rotatable bonds is 18. The Morgan fingerprint density at radius 3 is 1.17 bits per heavy atom. The number of fused-ring (bicyclic) bond motifs is 12. The predicted molar refractivity (Wildman–Crippen MR) is 395 cm³/mol. The maximum absolute atomic E-state index is 13.7. The Labute approximate surface area is 597 Å².